The molecule has 0 bridgehead atoms. The Kier molecular flexibility index (Phi) is 3.68. The lowest BCUT2D eigenvalue weighted by molar-refractivity contribution is 0.0898. The average Bonchev–Trinajstić information content (AvgIpc) is 3.04. The fourth-order valence-electron chi connectivity index (χ4n) is 4.12. The summed E-state index contributed by atoms with van der Waals surface area (Å²) in [6.45, 7) is 2.17. The predicted octanol–water partition coefficient (Wildman–Crippen LogP) is 3.14. The second kappa shape index (κ2) is 6.12. The SMILES string of the molecule is CNc1c(C(=O)NC2CC(C)C2)c2nc3ccccc3n2c2nnc(F)cc12. The zero-order valence-corrected chi connectivity index (χ0v) is 15.5. The first-order chi connectivity index (χ1) is 13.6. The number of nitrogens with one attached hydrogen (secondary N) is 2. The molecule has 5 rings (SSSR count). The van der Waals surface area contributed by atoms with Crippen molar-refractivity contribution in [1.82, 2.24) is 24.9 Å². The van der Waals surface area contributed by atoms with Crippen molar-refractivity contribution < 1.29 is 9.18 Å². The third-order valence-corrected chi connectivity index (χ3v) is 5.45. The van der Waals surface area contributed by atoms with Crippen LogP contribution in [0.3, 0.4) is 0 Å². The van der Waals surface area contributed by atoms with Gasteiger partial charge in [0.15, 0.2) is 11.3 Å². The van der Waals surface area contributed by atoms with Gasteiger partial charge in [-0.2, -0.15) is 4.39 Å². The first-order valence-electron chi connectivity index (χ1n) is 9.31. The Labute approximate surface area is 160 Å². The van der Waals surface area contributed by atoms with Crippen molar-refractivity contribution in [2.45, 2.75) is 25.8 Å². The number of amides is 1. The summed E-state index contributed by atoms with van der Waals surface area (Å²) < 4.78 is 15.7. The van der Waals surface area contributed by atoms with E-state index in [1.807, 2.05) is 24.3 Å². The topological polar surface area (TPSA) is 84.2 Å². The van der Waals surface area contributed by atoms with Gasteiger partial charge >= 0.3 is 0 Å². The summed E-state index contributed by atoms with van der Waals surface area (Å²) >= 11 is 0. The lowest BCUT2D eigenvalue weighted by Crippen LogP contribution is -2.43. The predicted molar refractivity (Wildman–Crippen MR) is 105 cm³/mol. The Hall–Kier alpha value is -3.29. The Balaban J connectivity index is 1.84. The number of carbonyl (C=O) groups excluding carboxylic acids is 1. The molecule has 0 spiro atoms. The number of benzene rings is 1. The van der Waals surface area contributed by atoms with Crippen molar-refractivity contribution in [3.05, 3.63) is 41.8 Å². The molecule has 4 aromatic rings. The highest BCUT2D eigenvalue weighted by Crippen LogP contribution is 2.34. The van der Waals surface area contributed by atoms with Crippen LogP contribution in [-0.2, 0) is 0 Å². The Morgan fingerprint density at radius 1 is 1.21 bits per heavy atom. The highest BCUT2D eigenvalue weighted by molar-refractivity contribution is 6.13. The molecule has 0 unspecified atom stereocenters. The zero-order chi connectivity index (χ0) is 19.4. The van der Waals surface area contributed by atoms with Crippen LogP contribution in [-0.4, -0.2) is 38.6 Å². The van der Waals surface area contributed by atoms with Crippen LogP contribution in [0.5, 0.6) is 0 Å². The minimum Gasteiger partial charge on any atom is -0.387 e. The monoisotopic (exact) mass is 378 g/mol. The molecular formula is C20H19FN6O. The van der Waals surface area contributed by atoms with Gasteiger partial charge in [0.1, 0.15) is 5.56 Å². The molecule has 8 heteroatoms. The molecule has 0 aliphatic heterocycles. The molecule has 0 saturated heterocycles. The van der Waals surface area contributed by atoms with Crippen LogP contribution in [0.2, 0.25) is 0 Å². The number of carbonyl (C=O) groups is 1. The van der Waals surface area contributed by atoms with Gasteiger partial charge in [0.2, 0.25) is 5.95 Å². The molecule has 0 radical (unpaired) electrons. The van der Waals surface area contributed by atoms with E-state index in [2.05, 4.69) is 32.7 Å². The standard InChI is InChI=1S/C20H19FN6O/c1-10-7-11(8-10)23-20(28)16-17(22-2)12-9-15(21)25-26-18(12)27-14-6-4-3-5-13(14)24-19(16)27/h3-6,9-11,22H,7-8H2,1-2H3,(H,23,28). The molecule has 0 atom stereocenters. The molecule has 3 aromatic heterocycles. The number of hydrogen-bond donors (Lipinski definition) is 2. The van der Waals surface area contributed by atoms with E-state index in [1.54, 1.807) is 11.4 Å². The van der Waals surface area contributed by atoms with Gasteiger partial charge in [0, 0.05) is 24.5 Å². The smallest absolute Gasteiger partial charge is 0.257 e. The fourth-order valence-corrected chi connectivity index (χ4v) is 4.12. The van der Waals surface area contributed by atoms with E-state index >= 15 is 0 Å². The van der Waals surface area contributed by atoms with Gasteiger partial charge in [-0.3, -0.25) is 9.20 Å². The molecule has 1 amide bonds. The van der Waals surface area contributed by atoms with Crippen molar-refractivity contribution in [3.8, 4) is 0 Å². The van der Waals surface area contributed by atoms with E-state index in [-0.39, 0.29) is 11.9 Å². The molecule has 28 heavy (non-hydrogen) atoms. The number of nitrogens with zero attached hydrogens (tertiary/aromatic N) is 4. The van der Waals surface area contributed by atoms with Crippen LogP contribution in [0.25, 0.3) is 27.7 Å². The summed E-state index contributed by atoms with van der Waals surface area (Å²) in [6, 6.07) is 9.00. The quantitative estimate of drug-likeness (QED) is 0.572. The first kappa shape index (κ1) is 16.9. The van der Waals surface area contributed by atoms with Crippen LogP contribution in [0, 0.1) is 11.9 Å². The molecule has 1 aliphatic rings. The van der Waals surface area contributed by atoms with Gasteiger partial charge < -0.3 is 10.6 Å². The van der Waals surface area contributed by atoms with Gasteiger partial charge in [-0.1, -0.05) is 19.1 Å². The van der Waals surface area contributed by atoms with Crippen molar-refractivity contribution in [3.63, 3.8) is 0 Å². The van der Waals surface area contributed by atoms with Crippen molar-refractivity contribution in [2.24, 2.45) is 5.92 Å². The second-order valence-electron chi connectivity index (χ2n) is 7.41. The number of pyridine rings is 1. The van der Waals surface area contributed by atoms with Crippen LogP contribution >= 0.6 is 0 Å². The largest absolute Gasteiger partial charge is 0.387 e. The lowest BCUT2D eigenvalue weighted by Gasteiger charge is -2.33. The highest BCUT2D eigenvalue weighted by Gasteiger charge is 2.30. The number of anilines is 1. The molecule has 2 N–H and O–H groups in total. The lowest BCUT2D eigenvalue weighted by atomic mass is 9.82. The summed E-state index contributed by atoms with van der Waals surface area (Å²) in [4.78, 5) is 17.9. The van der Waals surface area contributed by atoms with E-state index in [0.29, 0.717) is 33.8 Å². The molecule has 1 fully saturated rings. The van der Waals surface area contributed by atoms with Gasteiger partial charge in [-0.05, 0) is 30.9 Å². The van der Waals surface area contributed by atoms with Gasteiger partial charge in [-0.25, -0.2) is 4.98 Å². The van der Waals surface area contributed by atoms with Crippen LogP contribution in [0.1, 0.15) is 30.1 Å². The molecule has 1 saturated carbocycles. The molecule has 7 nitrogen and oxygen atoms in total. The molecule has 1 aromatic carbocycles. The van der Waals surface area contributed by atoms with E-state index in [9.17, 15) is 9.18 Å². The van der Waals surface area contributed by atoms with Crippen molar-refractivity contribution in [2.75, 3.05) is 12.4 Å². The number of aromatic nitrogens is 4. The third-order valence-electron chi connectivity index (χ3n) is 5.45. The maximum Gasteiger partial charge on any atom is 0.257 e. The molecular weight excluding hydrogens is 359 g/mol. The van der Waals surface area contributed by atoms with E-state index in [1.165, 1.54) is 6.07 Å². The summed E-state index contributed by atoms with van der Waals surface area (Å²) in [7, 11) is 1.70. The fraction of sp³-hybridized carbons (Fsp3) is 0.300. The number of imidazole rings is 1. The number of fused-ring (bicyclic) bond motifs is 5. The Morgan fingerprint density at radius 3 is 2.75 bits per heavy atom. The summed E-state index contributed by atoms with van der Waals surface area (Å²) in [5.74, 6) is -0.309. The van der Waals surface area contributed by atoms with E-state index in [4.69, 9.17) is 0 Å². The van der Waals surface area contributed by atoms with E-state index in [0.717, 1.165) is 23.9 Å². The van der Waals surface area contributed by atoms with Crippen molar-refractivity contribution in [1.29, 1.82) is 0 Å². The van der Waals surface area contributed by atoms with E-state index < -0.39 is 5.95 Å². The molecule has 142 valence electrons. The minimum absolute atomic E-state index is 0.152. The number of rotatable bonds is 3. The van der Waals surface area contributed by atoms with Crippen LogP contribution in [0.15, 0.2) is 30.3 Å². The number of halogens is 1. The first-order valence-corrected chi connectivity index (χ1v) is 9.31. The summed E-state index contributed by atoms with van der Waals surface area (Å²) in [6.07, 6.45) is 1.92. The summed E-state index contributed by atoms with van der Waals surface area (Å²) in [5.41, 5.74) is 3.33. The maximum absolute atomic E-state index is 13.9. The van der Waals surface area contributed by atoms with Crippen molar-refractivity contribution >= 4 is 39.3 Å². The molecule has 3 heterocycles. The highest BCUT2D eigenvalue weighted by atomic mass is 19.1. The van der Waals surface area contributed by atoms with Crippen LogP contribution in [0.4, 0.5) is 10.1 Å². The average molecular weight is 378 g/mol. The Morgan fingerprint density at radius 2 is 2.00 bits per heavy atom. The normalized spacial score (nSPS) is 19.1. The second-order valence-corrected chi connectivity index (χ2v) is 7.41. The van der Waals surface area contributed by atoms with Gasteiger partial charge in [-0.15, -0.1) is 10.2 Å². The number of para-hydroxylation sites is 2. The maximum atomic E-state index is 13.9. The molecule has 1 aliphatic carbocycles. The zero-order valence-electron chi connectivity index (χ0n) is 15.5. The number of hydrogen-bond acceptors (Lipinski definition) is 5. The minimum atomic E-state index is -0.702. The summed E-state index contributed by atoms with van der Waals surface area (Å²) in [5, 5.41) is 14.3. The van der Waals surface area contributed by atoms with Gasteiger partial charge in [0.25, 0.3) is 5.91 Å². The third kappa shape index (κ3) is 2.41. The van der Waals surface area contributed by atoms with Crippen LogP contribution < -0.4 is 10.6 Å². The Bertz CT molecular complexity index is 1240. The van der Waals surface area contributed by atoms with Gasteiger partial charge in [0.05, 0.1) is 16.7 Å².